The van der Waals surface area contributed by atoms with E-state index < -0.39 is 11.5 Å². The van der Waals surface area contributed by atoms with Crippen molar-refractivity contribution in [2.24, 2.45) is 0 Å². The number of carbonyl (C=O) groups is 2. The van der Waals surface area contributed by atoms with Crippen molar-refractivity contribution in [3.63, 3.8) is 0 Å². The van der Waals surface area contributed by atoms with E-state index in [0.717, 1.165) is 17.8 Å². The number of aromatic nitrogens is 1. The van der Waals surface area contributed by atoms with Crippen molar-refractivity contribution in [2.45, 2.75) is 51.2 Å². The van der Waals surface area contributed by atoms with E-state index >= 15 is 0 Å². The maximum Gasteiger partial charge on any atom is 0.329 e. The fraction of sp³-hybridized carbons (Fsp3) is 0.643. The molecule has 1 aliphatic carbocycles. The van der Waals surface area contributed by atoms with Crippen LogP contribution in [-0.2, 0) is 9.53 Å². The van der Waals surface area contributed by atoms with Gasteiger partial charge in [-0.3, -0.25) is 4.79 Å². The van der Waals surface area contributed by atoms with Crippen molar-refractivity contribution in [1.29, 1.82) is 0 Å². The highest BCUT2D eigenvalue weighted by atomic mass is 32.1. The zero-order chi connectivity index (χ0) is 15.6. The van der Waals surface area contributed by atoms with Crippen molar-refractivity contribution >= 4 is 23.2 Å². The normalized spacial score (nSPS) is 18.4. The lowest BCUT2D eigenvalue weighted by Crippen LogP contribution is -2.52. The Balaban J connectivity index is 2.20. The van der Waals surface area contributed by atoms with Crippen LogP contribution in [0.3, 0.4) is 0 Å². The third kappa shape index (κ3) is 3.08. The maximum absolute atomic E-state index is 12.4. The van der Waals surface area contributed by atoms with Crippen molar-refractivity contribution in [3.05, 3.63) is 15.6 Å². The SMILES string of the molecule is CO[C@H](C)c1nc(C)c(C(=O)NC2(C(=O)O)CCCC2)s1. The Kier molecular flexibility index (Phi) is 4.63. The number of nitrogens with zero attached hydrogens (tertiary/aromatic N) is 1. The topological polar surface area (TPSA) is 88.5 Å². The van der Waals surface area contributed by atoms with Crippen LogP contribution in [0, 0.1) is 6.92 Å². The minimum atomic E-state index is -1.12. The summed E-state index contributed by atoms with van der Waals surface area (Å²) in [7, 11) is 1.58. The van der Waals surface area contributed by atoms with E-state index in [4.69, 9.17) is 4.74 Å². The number of amides is 1. The van der Waals surface area contributed by atoms with Crippen LogP contribution in [-0.4, -0.2) is 34.6 Å². The van der Waals surface area contributed by atoms with E-state index in [1.165, 1.54) is 11.3 Å². The van der Waals surface area contributed by atoms with E-state index in [2.05, 4.69) is 10.3 Å². The van der Waals surface area contributed by atoms with Gasteiger partial charge in [0, 0.05) is 7.11 Å². The molecule has 21 heavy (non-hydrogen) atoms. The van der Waals surface area contributed by atoms with Gasteiger partial charge in [-0.25, -0.2) is 9.78 Å². The molecule has 1 aromatic heterocycles. The molecule has 0 unspecified atom stereocenters. The zero-order valence-corrected chi connectivity index (χ0v) is 13.2. The molecule has 1 atom stereocenters. The van der Waals surface area contributed by atoms with E-state index in [9.17, 15) is 14.7 Å². The Morgan fingerprint density at radius 1 is 1.43 bits per heavy atom. The Morgan fingerprint density at radius 3 is 2.57 bits per heavy atom. The molecule has 1 heterocycles. The van der Waals surface area contributed by atoms with Gasteiger partial charge in [0.25, 0.3) is 5.91 Å². The molecule has 1 amide bonds. The number of hydrogen-bond donors (Lipinski definition) is 2. The smallest absolute Gasteiger partial charge is 0.329 e. The van der Waals surface area contributed by atoms with Crippen molar-refractivity contribution in [2.75, 3.05) is 7.11 Å². The largest absolute Gasteiger partial charge is 0.480 e. The first kappa shape index (κ1) is 15.9. The summed E-state index contributed by atoms with van der Waals surface area (Å²) in [6.07, 6.45) is 2.41. The highest BCUT2D eigenvalue weighted by molar-refractivity contribution is 7.13. The molecule has 6 nitrogen and oxygen atoms in total. The van der Waals surface area contributed by atoms with Gasteiger partial charge in [-0.1, -0.05) is 12.8 Å². The average Bonchev–Trinajstić information content (AvgIpc) is 3.05. The monoisotopic (exact) mass is 312 g/mol. The molecule has 0 radical (unpaired) electrons. The van der Waals surface area contributed by atoms with Gasteiger partial charge in [0.1, 0.15) is 21.5 Å². The minimum absolute atomic E-state index is 0.185. The molecule has 0 aliphatic heterocycles. The van der Waals surface area contributed by atoms with Crippen LogP contribution < -0.4 is 5.32 Å². The van der Waals surface area contributed by atoms with Crippen LogP contribution in [0.1, 0.15) is 59.1 Å². The van der Waals surface area contributed by atoms with E-state index in [-0.39, 0.29) is 12.0 Å². The van der Waals surface area contributed by atoms with Gasteiger partial charge in [-0.05, 0) is 26.7 Å². The number of nitrogens with one attached hydrogen (secondary N) is 1. The highest BCUT2D eigenvalue weighted by Crippen LogP contribution is 2.31. The molecular weight excluding hydrogens is 292 g/mol. The molecule has 1 aromatic rings. The van der Waals surface area contributed by atoms with Crippen LogP contribution in [0.2, 0.25) is 0 Å². The molecule has 1 fully saturated rings. The van der Waals surface area contributed by atoms with Crippen LogP contribution >= 0.6 is 11.3 Å². The van der Waals surface area contributed by atoms with Gasteiger partial charge >= 0.3 is 5.97 Å². The predicted molar refractivity (Wildman–Crippen MR) is 78.6 cm³/mol. The zero-order valence-electron chi connectivity index (χ0n) is 12.4. The van der Waals surface area contributed by atoms with E-state index in [1.807, 2.05) is 6.92 Å². The van der Waals surface area contributed by atoms with Crippen LogP contribution in [0.25, 0.3) is 0 Å². The second-order valence-corrected chi connectivity index (χ2v) is 6.42. The van der Waals surface area contributed by atoms with Gasteiger partial charge in [0.2, 0.25) is 0 Å². The molecule has 0 aromatic carbocycles. The van der Waals surface area contributed by atoms with Gasteiger partial charge in [0.15, 0.2) is 0 Å². The number of carbonyl (C=O) groups excluding carboxylic acids is 1. The molecule has 1 saturated carbocycles. The predicted octanol–water partition coefficient (Wildman–Crippen LogP) is 2.29. The fourth-order valence-corrected chi connectivity index (χ4v) is 3.54. The van der Waals surface area contributed by atoms with Crippen molar-refractivity contribution < 1.29 is 19.4 Å². The number of hydrogen-bond acceptors (Lipinski definition) is 5. The number of aliphatic carboxylic acids is 1. The Hall–Kier alpha value is -1.47. The Labute approximate surface area is 127 Å². The number of thiazole rings is 1. The molecule has 2 N–H and O–H groups in total. The number of carboxylic acids is 1. The first-order valence-corrected chi connectivity index (χ1v) is 7.77. The second-order valence-electron chi connectivity index (χ2n) is 5.39. The summed E-state index contributed by atoms with van der Waals surface area (Å²) >= 11 is 1.25. The fourth-order valence-electron chi connectivity index (χ4n) is 2.55. The molecule has 2 rings (SSSR count). The summed E-state index contributed by atoms with van der Waals surface area (Å²) in [5.41, 5.74) is -0.518. The average molecular weight is 312 g/mol. The summed E-state index contributed by atoms with van der Waals surface area (Å²) < 4.78 is 5.20. The van der Waals surface area contributed by atoms with Gasteiger partial charge in [-0.2, -0.15) is 0 Å². The lowest BCUT2D eigenvalue weighted by atomic mass is 9.98. The highest BCUT2D eigenvalue weighted by Gasteiger charge is 2.43. The van der Waals surface area contributed by atoms with Gasteiger partial charge in [-0.15, -0.1) is 11.3 Å². The number of aryl methyl sites for hydroxylation is 1. The summed E-state index contributed by atoms with van der Waals surface area (Å²) in [5.74, 6) is -1.31. The van der Waals surface area contributed by atoms with Crippen molar-refractivity contribution in [3.8, 4) is 0 Å². The van der Waals surface area contributed by atoms with Crippen molar-refractivity contribution in [1.82, 2.24) is 10.3 Å². The van der Waals surface area contributed by atoms with E-state index in [1.54, 1.807) is 14.0 Å². The lowest BCUT2D eigenvalue weighted by Gasteiger charge is -2.25. The van der Waals surface area contributed by atoms with E-state index in [0.29, 0.717) is 23.4 Å². The molecule has 116 valence electrons. The molecule has 0 spiro atoms. The van der Waals surface area contributed by atoms with Crippen LogP contribution in [0.4, 0.5) is 0 Å². The molecule has 0 saturated heterocycles. The summed E-state index contributed by atoms with van der Waals surface area (Å²) in [4.78, 5) is 28.7. The Morgan fingerprint density at radius 2 is 2.05 bits per heavy atom. The summed E-state index contributed by atoms with van der Waals surface area (Å²) in [6.45, 7) is 3.61. The van der Waals surface area contributed by atoms with Crippen LogP contribution in [0.15, 0.2) is 0 Å². The molecule has 1 aliphatic rings. The molecular formula is C14H20N2O4S. The first-order chi connectivity index (χ1) is 9.89. The summed E-state index contributed by atoms with van der Waals surface area (Å²) in [6, 6.07) is 0. The van der Waals surface area contributed by atoms with Gasteiger partial charge < -0.3 is 15.2 Å². The Bertz CT molecular complexity index is 549. The first-order valence-electron chi connectivity index (χ1n) is 6.95. The second kappa shape index (κ2) is 6.11. The number of methoxy groups -OCH3 is 1. The number of carboxylic acid groups (broad SMARTS) is 1. The quantitative estimate of drug-likeness (QED) is 0.871. The lowest BCUT2D eigenvalue weighted by molar-refractivity contribution is -0.144. The van der Waals surface area contributed by atoms with Gasteiger partial charge in [0.05, 0.1) is 5.69 Å². The van der Waals surface area contributed by atoms with Crippen LogP contribution in [0.5, 0.6) is 0 Å². The number of rotatable bonds is 5. The standard InChI is InChI=1S/C14H20N2O4S/c1-8-10(21-12(15-8)9(2)20-3)11(17)16-14(13(18)19)6-4-5-7-14/h9H,4-7H2,1-3H3,(H,16,17)(H,18,19)/t9-/m1/s1. The third-order valence-electron chi connectivity index (χ3n) is 3.94. The maximum atomic E-state index is 12.4. The molecule has 7 heteroatoms. The minimum Gasteiger partial charge on any atom is -0.480 e. The summed E-state index contributed by atoms with van der Waals surface area (Å²) in [5, 5.41) is 12.8. The number of ether oxygens (including phenoxy) is 1. The molecule has 0 bridgehead atoms. The third-order valence-corrected chi connectivity index (χ3v) is 5.26.